The number of aliphatic hydroxyl groups excluding tert-OH is 1. The van der Waals surface area contributed by atoms with Crippen molar-refractivity contribution >= 4 is 0 Å². The van der Waals surface area contributed by atoms with E-state index >= 15 is 0 Å². The lowest BCUT2D eigenvalue weighted by Gasteiger charge is -2.32. The number of unbranched alkanes of at least 4 members (excludes halogenated alkanes) is 4. The fourth-order valence-corrected chi connectivity index (χ4v) is 2.43. The van der Waals surface area contributed by atoms with Gasteiger partial charge in [0.05, 0.1) is 6.61 Å². The Morgan fingerprint density at radius 2 is 2.00 bits per heavy atom. The lowest BCUT2D eigenvalue weighted by atomic mass is 10.1. The molecule has 2 rings (SSSR count). The third-order valence-electron chi connectivity index (χ3n) is 3.70. The zero-order chi connectivity index (χ0) is 14.9. The zero-order valence-corrected chi connectivity index (χ0v) is 12.8. The summed E-state index contributed by atoms with van der Waals surface area (Å²) in [6.45, 7) is 2.52. The van der Waals surface area contributed by atoms with Crippen molar-refractivity contribution in [2.45, 2.75) is 57.5 Å². The van der Waals surface area contributed by atoms with Crippen LogP contribution in [0.5, 0.6) is 0 Å². The SMILES string of the molecule is CCCCCCC=C[C@H]1OC(c2ccccc2)OCC1O. The van der Waals surface area contributed by atoms with Crippen LogP contribution in [0.4, 0.5) is 0 Å². The van der Waals surface area contributed by atoms with Crippen molar-refractivity contribution in [3.8, 4) is 0 Å². The monoisotopic (exact) mass is 290 g/mol. The molecule has 1 aromatic carbocycles. The molecule has 1 N–H and O–H groups in total. The first-order valence-corrected chi connectivity index (χ1v) is 7.98. The molecule has 0 aliphatic carbocycles. The Balaban J connectivity index is 1.82. The molecular formula is C18H26O3. The fraction of sp³-hybridized carbons (Fsp3) is 0.556. The van der Waals surface area contributed by atoms with Crippen molar-refractivity contribution in [3.63, 3.8) is 0 Å². The zero-order valence-electron chi connectivity index (χ0n) is 12.8. The quantitative estimate of drug-likeness (QED) is 0.609. The molecule has 3 atom stereocenters. The number of benzene rings is 1. The molecule has 116 valence electrons. The van der Waals surface area contributed by atoms with Crippen LogP contribution >= 0.6 is 0 Å². The largest absolute Gasteiger partial charge is 0.388 e. The molecule has 3 nitrogen and oxygen atoms in total. The smallest absolute Gasteiger partial charge is 0.184 e. The van der Waals surface area contributed by atoms with Gasteiger partial charge >= 0.3 is 0 Å². The summed E-state index contributed by atoms with van der Waals surface area (Å²) in [7, 11) is 0. The van der Waals surface area contributed by atoms with Crippen LogP contribution in [0.2, 0.25) is 0 Å². The van der Waals surface area contributed by atoms with E-state index in [1.165, 1.54) is 25.7 Å². The van der Waals surface area contributed by atoms with Gasteiger partial charge in [0, 0.05) is 5.56 Å². The Morgan fingerprint density at radius 3 is 2.76 bits per heavy atom. The molecule has 0 bridgehead atoms. The van der Waals surface area contributed by atoms with Crippen LogP contribution in [0.15, 0.2) is 42.5 Å². The third kappa shape index (κ3) is 5.27. The highest BCUT2D eigenvalue weighted by Gasteiger charge is 2.29. The van der Waals surface area contributed by atoms with E-state index in [1.807, 2.05) is 36.4 Å². The second-order valence-corrected chi connectivity index (χ2v) is 5.52. The number of allylic oxidation sites excluding steroid dienone is 1. The van der Waals surface area contributed by atoms with Crippen molar-refractivity contribution in [3.05, 3.63) is 48.0 Å². The van der Waals surface area contributed by atoms with E-state index < -0.39 is 6.10 Å². The van der Waals surface area contributed by atoms with E-state index in [-0.39, 0.29) is 12.4 Å². The predicted octanol–water partition coefficient (Wildman–Crippen LogP) is 3.99. The van der Waals surface area contributed by atoms with Crippen molar-refractivity contribution in [2.24, 2.45) is 0 Å². The van der Waals surface area contributed by atoms with Gasteiger partial charge in [-0.05, 0) is 12.8 Å². The van der Waals surface area contributed by atoms with Crippen LogP contribution in [0.3, 0.4) is 0 Å². The van der Waals surface area contributed by atoms with E-state index in [4.69, 9.17) is 9.47 Å². The van der Waals surface area contributed by atoms with Gasteiger partial charge in [0.15, 0.2) is 6.29 Å². The summed E-state index contributed by atoms with van der Waals surface area (Å²) < 4.78 is 11.4. The van der Waals surface area contributed by atoms with Gasteiger partial charge in [0.25, 0.3) is 0 Å². The molecule has 1 aliphatic rings. The average molecular weight is 290 g/mol. The van der Waals surface area contributed by atoms with E-state index in [0.29, 0.717) is 6.61 Å². The lowest BCUT2D eigenvalue weighted by molar-refractivity contribution is -0.243. The summed E-state index contributed by atoms with van der Waals surface area (Å²) in [5, 5.41) is 9.97. The normalized spacial score (nSPS) is 26.3. The molecule has 2 unspecified atom stereocenters. The molecule has 1 fully saturated rings. The fourth-order valence-electron chi connectivity index (χ4n) is 2.43. The molecular weight excluding hydrogens is 264 g/mol. The molecule has 0 amide bonds. The molecule has 1 heterocycles. The van der Waals surface area contributed by atoms with Crippen molar-refractivity contribution in [2.75, 3.05) is 6.61 Å². The highest BCUT2D eigenvalue weighted by molar-refractivity contribution is 5.16. The van der Waals surface area contributed by atoms with Crippen LogP contribution in [-0.2, 0) is 9.47 Å². The molecule has 1 saturated heterocycles. The number of rotatable bonds is 7. The third-order valence-corrected chi connectivity index (χ3v) is 3.70. The van der Waals surface area contributed by atoms with Gasteiger partial charge in [-0.25, -0.2) is 0 Å². The van der Waals surface area contributed by atoms with Crippen LogP contribution < -0.4 is 0 Å². The van der Waals surface area contributed by atoms with Gasteiger partial charge in [-0.15, -0.1) is 0 Å². The Labute approximate surface area is 127 Å². The minimum atomic E-state index is -0.586. The predicted molar refractivity (Wildman–Crippen MR) is 83.9 cm³/mol. The molecule has 0 radical (unpaired) electrons. The summed E-state index contributed by atoms with van der Waals surface area (Å²) >= 11 is 0. The summed E-state index contributed by atoms with van der Waals surface area (Å²) in [6, 6.07) is 9.86. The van der Waals surface area contributed by atoms with Crippen molar-refractivity contribution < 1.29 is 14.6 Å². The molecule has 1 aromatic rings. The topological polar surface area (TPSA) is 38.7 Å². The maximum absolute atomic E-state index is 9.97. The molecule has 1 aliphatic heterocycles. The van der Waals surface area contributed by atoms with Gasteiger partial charge in [0.1, 0.15) is 12.2 Å². The standard InChI is InChI=1S/C18H26O3/c1-2-3-4-5-6-10-13-17-16(19)14-20-18(21-17)15-11-8-7-9-12-15/h7-13,16-19H,2-6,14H2,1H3/t16?,17-,18?/m1/s1. The van der Waals surface area contributed by atoms with Gasteiger partial charge in [-0.3, -0.25) is 0 Å². The highest BCUT2D eigenvalue weighted by Crippen LogP contribution is 2.27. The van der Waals surface area contributed by atoms with Crippen LogP contribution in [0.25, 0.3) is 0 Å². The number of hydrogen-bond acceptors (Lipinski definition) is 3. The summed E-state index contributed by atoms with van der Waals surface area (Å²) in [4.78, 5) is 0. The first-order valence-electron chi connectivity index (χ1n) is 7.98. The number of ether oxygens (including phenoxy) is 2. The number of hydrogen-bond donors (Lipinski definition) is 1. The van der Waals surface area contributed by atoms with Gasteiger partial charge in [0.2, 0.25) is 0 Å². The van der Waals surface area contributed by atoms with Crippen LogP contribution in [-0.4, -0.2) is 23.9 Å². The molecule has 3 heteroatoms. The number of aliphatic hydroxyl groups is 1. The van der Waals surface area contributed by atoms with E-state index in [2.05, 4.69) is 13.0 Å². The summed E-state index contributed by atoms with van der Waals surface area (Å²) in [5.74, 6) is 0. The summed E-state index contributed by atoms with van der Waals surface area (Å²) in [6.07, 6.45) is 8.91. The van der Waals surface area contributed by atoms with Gasteiger partial charge in [-0.2, -0.15) is 0 Å². The van der Waals surface area contributed by atoms with Crippen LogP contribution in [0, 0.1) is 0 Å². The Morgan fingerprint density at radius 1 is 1.19 bits per heavy atom. The van der Waals surface area contributed by atoms with E-state index in [9.17, 15) is 5.11 Å². The molecule has 0 aromatic heterocycles. The average Bonchev–Trinajstić information content (AvgIpc) is 2.53. The Bertz CT molecular complexity index is 416. The maximum Gasteiger partial charge on any atom is 0.184 e. The first-order chi connectivity index (χ1) is 10.3. The highest BCUT2D eigenvalue weighted by atomic mass is 16.7. The van der Waals surface area contributed by atoms with Gasteiger partial charge in [-0.1, -0.05) is 68.7 Å². The Hall–Kier alpha value is -1.16. The van der Waals surface area contributed by atoms with Crippen LogP contribution in [0.1, 0.15) is 50.9 Å². The Kier molecular flexibility index (Phi) is 6.93. The first kappa shape index (κ1) is 16.2. The molecule has 21 heavy (non-hydrogen) atoms. The van der Waals surface area contributed by atoms with E-state index in [1.54, 1.807) is 0 Å². The molecule has 0 spiro atoms. The van der Waals surface area contributed by atoms with E-state index in [0.717, 1.165) is 12.0 Å². The summed E-state index contributed by atoms with van der Waals surface area (Å²) in [5.41, 5.74) is 0.991. The second-order valence-electron chi connectivity index (χ2n) is 5.52. The minimum Gasteiger partial charge on any atom is -0.388 e. The molecule has 0 saturated carbocycles. The lowest BCUT2D eigenvalue weighted by Crippen LogP contribution is -2.39. The maximum atomic E-state index is 9.97. The minimum absolute atomic E-state index is 0.282. The van der Waals surface area contributed by atoms with Crippen molar-refractivity contribution in [1.29, 1.82) is 0 Å². The second kappa shape index (κ2) is 8.98. The van der Waals surface area contributed by atoms with Gasteiger partial charge < -0.3 is 14.6 Å². The van der Waals surface area contributed by atoms with Crippen molar-refractivity contribution in [1.82, 2.24) is 0 Å².